The van der Waals surface area contributed by atoms with E-state index < -0.39 is 0 Å². The summed E-state index contributed by atoms with van der Waals surface area (Å²) in [7, 11) is 0. The number of carbonyl (C=O) groups excluding carboxylic acids is 1. The molecule has 2 heteroatoms. The van der Waals surface area contributed by atoms with Gasteiger partial charge in [-0.1, -0.05) is 0 Å². The summed E-state index contributed by atoms with van der Waals surface area (Å²) >= 11 is 0. The van der Waals surface area contributed by atoms with Crippen molar-refractivity contribution >= 4 is 5.78 Å². The van der Waals surface area contributed by atoms with Gasteiger partial charge in [-0.15, -0.1) is 0 Å². The molecule has 15 heavy (non-hydrogen) atoms. The van der Waals surface area contributed by atoms with Gasteiger partial charge in [0.1, 0.15) is 5.75 Å². The third-order valence-electron chi connectivity index (χ3n) is 2.23. The summed E-state index contributed by atoms with van der Waals surface area (Å²) in [5, 5.41) is 0. The maximum absolute atomic E-state index is 11.4. The van der Waals surface area contributed by atoms with E-state index in [2.05, 4.69) is 0 Å². The summed E-state index contributed by atoms with van der Waals surface area (Å²) in [6.45, 7) is 9.46. The largest absolute Gasteiger partial charge is 0.491 e. The van der Waals surface area contributed by atoms with Crippen molar-refractivity contribution in [2.45, 2.75) is 40.7 Å². The van der Waals surface area contributed by atoms with Crippen molar-refractivity contribution in [1.29, 1.82) is 0 Å². The molecule has 0 radical (unpaired) electrons. The fourth-order valence-corrected chi connectivity index (χ4v) is 1.82. The van der Waals surface area contributed by atoms with Crippen LogP contribution < -0.4 is 4.74 Å². The maximum Gasteiger partial charge on any atom is 0.160 e. The molecule has 1 rings (SSSR count). The number of benzene rings is 1. The maximum atomic E-state index is 11.4. The minimum Gasteiger partial charge on any atom is -0.491 e. The van der Waals surface area contributed by atoms with Gasteiger partial charge in [0.2, 0.25) is 0 Å². The number of carbonyl (C=O) groups is 1. The summed E-state index contributed by atoms with van der Waals surface area (Å²) in [6, 6.07) is 3.84. The fraction of sp³-hybridized carbons (Fsp3) is 0.462. The van der Waals surface area contributed by atoms with Gasteiger partial charge in [-0.25, -0.2) is 0 Å². The van der Waals surface area contributed by atoms with E-state index in [1.165, 1.54) is 0 Å². The summed E-state index contributed by atoms with van der Waals surface area (Å²) in [6.07, 6.45) is 0.159. The predicted octanol–water partition coefficient (Wildman–Crippen LogP) is 3.29. The highest BCUT2D eigenvalue weighted by Crippen LogP contribution is 2.23. The van der Waals surface area contributed by atoms with Crippen molar-refractivity contribution in [3.63, 3.8) is 0 Å². The Labute approximate surface area is 91.3 Å². The molecule has 0 amide bonds. The van der Waals surface area contributed by atoms with E-state index in [9.17, 15) is 4.79 Å². The first-order valence-corrected chi connectivity index (χ1v) is 5.20. The van der Waals surface area contributed by atoms with Gasteiger partial charge in [-0.2, -0.15) is 0 Å². The standard InChI is InChI=1S/C13H18O2/c1-8(2)15-12-6-9(3)13(11(5)14)10(4)7-12/h6-8H,1-5H3. The van der Waals surface area contributed by atoms with Gasteiger partial charge >= 0.3 is 0 Å². The summed E-state index contributed by atoms with van der Waals surface area (Å²) < 4.78 is 5.60. The number of hydrogen-bond donors (Lipinski definition) is 0. The van der Waals surface area contributed by atoms with E-state index in [4.69, 9.17) is 4.74 Å². The Hall–Kier alpha value is -1.31. The third-order valence-corrected chi connectivity index (χ3v) is 2.23. The number of Topliss-reactive ketones (excluding diaryl/α,β-unsaturated/α-hetero) is 1. The average Bonchev–Trinajstić information content (AvgIpc) is 1.99. The van der Waals surface area contributed by atoms with Crippen molar-refractivity contribution in [3.8, 4) is 5.75 Å². The zero-order valence-corrected chi connectivity index (χ0v) is 10.0. The van der Waals surface area contributed by atoms with Crippen LogP contribution in [0.4, 0.5) is 0 Å². The highest BCUT2D eigenvalue weighted by molar-refractivity contribution is 5.97. The first kappa shape index (κ1) is 11.8. The van der Waals surface area contributed by atoms with Crippen LogP contribution in [0.15, 0.2) is 12.1 Å². The van der Waals surface area contributed by atoms with Crippen LogP contribution in [0.1, 0.15) is 42.3 Å². The normalized spacial score (nSPS) is 10.5. The molecule has 0 aliphatic heterocycles. The van der Waals surface area contributed by atoms with Crippen LogP contribution in [0.25, 0.3) is 0 Å². The predicted molar refractivity (Wildman–Crippen MR) is 61.7 cm³/mol. The Balaban J connectivity index is 3.14. The van der Waals surface area contributed by atoms with E-state index in [0.29, 0.717) is 0 Å². The summed E-state index contributed by atoms with van der Waals surface area (Å²) in [4.78, 5) is 11.4. The molecule has 0 saturated carbocycles. The van der Waals surface area contributed by atoms with Gasteiger partial charge in [0.25, 0.3) is 0 Å². The Morgan fingerprint density at radius 2 is 1.67 bits per heavy atom. The van der Waals surface area contributed by atoms with Gasteiger partial charge < -0.3 is 4.74 Å². The minimum absolute atomic E-state index is 0.112. The van der Waals surface area contributed by atoms with Gasteiger partial charge in [-0.05, 0) is 57.9 Å². The van der Waals surface area contributed by atoms with E-state index in [0.717, 1.165) is 22.4 Å². The molecular weight excluding hydrogens is 188 g/mol. The number of aryl methyl sites for hydroxylation is 2. The molecule has 0 heterocycles. The van der Waals surface area contributed by atoms with Crippen LogP contribution >= 0.6 is 0 Å². The van der Waals surface area contributed by atoms with Crippen LogP contribution in [-0.2, 0) is 0 Å². The van der Waals surface area contributed by atoms with E-state index in [1.54, 1.807) is 6.92 Å². The number of ketones is 1. The summed E-state index contributed by atoms with van der Waals surface area (Å²) in [5.74, 6) is 0.950. The first-order chi connectivity index (χ1) is 6.91. The lowest BCUT2D eigenvalue weighted by Gasteiger charge is -2.13. The Morgan fingerprint density at radius 3 is 2.00 bits per heavy atom. The molecule has 0 aliphatic rings. The second-order valence-corrected chi connectivity index (χ2v) is 4.15. The Morgan fingerprint density at radius 1 is 1.20 bits per heavy atom. The van der Waals surface area contributed by atoms with Gasteiger partial charge in [0.15, 0.2) is 5.78 Å². The summed E-state index contributed by atoms with van der Waals surface area (Å²) in [5.41, 5.74) is 2.78. The first-order valence-electron chi connectivity index (χ1n) is 5.20. The molecule has 0 aliphatic carbocycles. The van der Waals surface area contributed by atoms with E-state index in [-0.39, 0.29) is 11.9 Å². The molecule has 0 fully saturated rings. The number of ether oxygens (including phenoxy) is 1. The second kappa shape index (κ2) is 4.47. The highest BCUT2D eigenvalue weighted by Gasteiger charge is 2.10. The van der Waals surface area contributed by atoms with Gasteiger partial charge in [-0.3, -0.25) is 4.79 Å². The van der Waals surface area contributed by atoms with Gasteiger partial charge in [0.05, 0.1) is 6.10 Å². The fourth-order valence-electron chi connectivity index (χ4n) is 1.82. The van der Waals surface area contributed by atoms with Crippen LogP contribution in [0.5, 0.6) is 5.75 Å². The average molecular weight is 206 g/mol. The van der Waals surface area contributed by atoms with Crippen molar-refractivity contribution in [3.05, 3.63) is 28.8 Å². The highest BCUT2D eigenvalue weighted by atomic mass is 16.5. The van der Waals surface area contributed by atoms with E-state index in [1.807, 2.05) is 39.8 Å². The molecule has 2 nitrogen and oxygen atoms in total. The Kier molecular flexibility index (Phi) is 3.51. The molecule has 1 aromatic rings. The van der Waals surface area contributed by atoms with Crippen molar-refractivity contribution in [2.75, 3.05) is 0 Å². The second-order valence-electron chi connectivity index (χ2n) is 4.15. The zero-order chi connectivity index (χ0) is 11.6. The molecule has 0 saturated heterocycles. The van der Waals surface area contributed by atoms with Crippen LogP contribution in [-0.4, -0.2) is 11.9 Å². The molecule has 0 N–H and O–H groups in total. The van der Waals surface area contributed by atoms with Crippen molar-refractivity contribution in [1.82, 2.24) is 0 Å². The van der Waals surface area contributed by atoms with Crippen LogP contribution in [0, 0.1) is 13.8 Å². The number of hydrogen-bond acceptors (Lipinski definition) is 2. The lowest BCUT2D eigenvalue weighted by atomic mass is 9.99. The molecule has 82 valence electrons. The molecule has 0 spiro atoms. The topological polar surface area (TPSA) is 26.3 Å². The number of rotatable bonds is 3. The van der Waals surface area contributed by atoms with Crippen molar-refractivity contribution in [2.24, 2.45) is 0 Å². The molecular formula is C13H18O2. The van der Waals surface area contributed by atoms with E-state index >= 15 is 0 Å². The van der Waals surface area contributed by atoms with Crippen LogP contribution in [0.2, 0.25) is 0 Å². The monoisotopic (exact) mass is 206 g/mol. The quantitative estimate of drug-likeness (QED) is 0.709. The Bertz CT molecular complexity index is 355. The molecule has 1 aromatic carbocycles. The molecule has 0 unspecified atom stereocenters. The molecule has 0 bridgehead atoms. The third kappa shape index (κ3) is 2.82. The smallest absolute Gasteiger partial charge is 0.160 e. The zero-order valence-electron chi connectivity index (χ0n) is 10.0. The lowest BCUT2D eigenvalue weighted by molar-refractivity contribution is 0.101. The van der Waals surface area contributed by atoms with Crippen molar-refractivity contribution < 1.29 is 9.53 Å². The van der Waals surface area contributed by atoms with Crippen LogP contribution in [0.3, 0.4) is 0 Å². The van der Waals surface area contributed by atoms with Gasteiger partial charge in [0, 0.05) is 5.56 Å². The molecule has 0 atom stereocenters. The minimum atomic E-state index is 0.112. The molecule has 0 aromatic heterocycles. The lowest BCUT2D eigenvalue weighted by Crippen LogP contribution is -2.07. The SMILES string of the molecule is CC(=O)c1c(C)cc(OC(C)C)cc1C.